The van der Waals surface area contributed by atoms with Crippen molar-refractivity contribution in [2.45, 2.75) is 39.8 Å². The van der Waals surface area contributed by atoms with E-state index in [-0.39, 0.29) is 0 Å². The maximum absolute atomic E-state index is 6.10. The molecule has 0 aliphatic carbocycles. The van der Waals surface area contributed by atoms with Crippen molar-refractivity contribution < 1.29 is 0 Å². The fourth-order valence-electron chi connectivity index (χ4n) is 2.97. The molecule has 3 unspecified atom stereocenters. The van der Waals surface area contributed by atoms with Gasteiger partial charge < -0.3 is 5.73 Å². The molecule has 1 aliphatic rings. The minimum atomic E-state index is 0.643. The highest BCUT2D eigenvalue weighted by Gasteiger charge is 2.28. The van der Waals surface area contributed by atoms with E-state index in [1.165, 1.54) is 18.5 Å². The van der Waals surface area contributed by atoms with Crippen molar-refractivity contribution in [2.75, 3.05) is 12.3 Å². The molecule has 1 saturated heterocycles. The van der Waals surface area contributed by atoms with Gasteiger partial charge in [0.05, 0.1) is 0 Å². The summed E-state index contributed by atoms with van der Waals surface area (Å²) < 4.78 is 1.05. The van der Waals surface area contributed by atoms with Crippen LogP contribution in [0.1, 0.15) is 32.8 Å². The van der Waals surface area contributed by atoms with Crippen molar-refractivity contribution in [3.05, 3.63) is 28.2 Å². The summed E-state index contributed by atoms with van der Waals surface area (Å²) in [6.45, 7) is 9.19. The summed E-state index contributed by atoms with van der Waals surface area (Å²) in [5, 5.41) is 0. The number of nitrogen functional groups attached to an aromatic ring is 1. The first kappa shape index (κ1) is 13.9. The molecule has 2 N–H and O–H groups in total. The molecule has 1 aromatic carbocycles. The van der Waals surface area contributed by atoms with Gasteiger partial charge in [-0.2, -0.15) is 0 Å². The van der Waals surface area contributed by atoms with E-state index in [1.807, 2.05) is 6.07 Å². The average molecular weight is 311 g/mol. The third-order valence-corrected chi connectivity index (χ3v) is 4.69. The van der Waals surface area contributed by atoms with Crippen LogP contribution >= 0.6 is 15.9 Å². The van der Waals surface area contributed by atoms with Gasteiger partial charge in [-0.3, -0.25) is 4.90 Å². The van der Waals surface area contributed by atoms with Gasteiger partial charge in [0.1, 0.15) is 0 Å². The summed E-state index contributed by atoms with van der Waals surface area (Å²) >= 11 is 3.46. The quantitative estimate of drug-likeness (QED) is 0.839. The van der Waals surface area contributed by atoms with Crippen LogP contribution in [-0.2, 0) is 6.54 Å². The van der Waals surface area contributed by atoms with Gasteiger partial charge in [-0.15, -0.1) is 0 Å². The first-order chi connectivity index (χ1) is 8.47. The number of benzene rings is 1. The van der Waals surface area contributed by atoms with Crippen LogP contribution in [0.2, 0.25) is 0 Å². The lowest BCUT2D eigenvalue weighted by molar-refractivity contribution is 0.0731. The smallest absolute Gasteiger partial charge is 0.0371 e. The molecule has 0 amide bonds. The van der Waals surface area contributed by atoms with Crippen molar-refractivity contribution in [2.24, 2.45) is 11.8 Å². The largest absolute Gasteiger partial charge is 0.398 e. The third kappa shape index (κ3) is 3.07. The zero-order chi connectivity index (χ0) is 13.3. The molecule has 3 atom stereocenters. The van der Waals surface area contributed by atoms with Gasteiger partial charge in [-0.1, -0.05) is 35.8 Å². The fraction of sp³-hybridized carbons (Fsp3) is 0.600. The highest BCUT2D eigenvalue weighted by atomic mass is 79.9. The first-order valence-corrected chi connectivity index (χ1v) is 7.54. The maximum atomic E-state index is 6.10. The number of hydrogen-bond acceptors (Lipinski definition) is 2. The standard InChI is InChI=1S/C15H23BrN2/c1-10-6-11(2)12(3)18(8-10)9-13-4-5-14(16)7-15(13)17/h4-5,7,10-12H,6,8-9,17H2,1-3H3. The zero-order valence-electron chi connectivity index (χ0n) is 11.5. The van der Waals surface area contributed by atoms with Gasteiger partial charge in [0, 0.05) is 29.3 Å². The van der Waals surface area contributed by atoms with Crippen LogP contribution in [0.25, 0.3) is 0 Å². The van der Waals surface area contributed by atoms with E-state index < -0.39 is 0 Å². The van der Waals surface area contributed by atoms with Crippen molar-refractivity contribution in [1.82, 2.24) is 4.90 Å². The minimum Gasteiger partial charge on any atom is -0.398 e. The summed E-state index contributed by atoms with van der Waals surface area (Å²) in [7, 11) is 0. The summed E-state index contributed by atoms with van der Waals surface area (Å²) in [4.78, 5) is 2.57. The second-order valence-electron chi connectivity index (χ2n) is 5.83. The molecule has 0 aromatic heterocycles. The predicted molar refractivity (Wildman–Crippen MR) is 81.4 cm³/mol. The van der Waals surface area contributed by atoms with Crippen LogP contribution < -0.4 is 5.73 Å². The lowest BCUT2D eigenvalue weighted by Crippen LogP contribution is -2.45. The van der Waals surface area contributed by atoms with E-state index in [0.29, 0.717) is 6.04 Å². The number of likely N-dealkylation sites (tertiary alicyclic amines) is 1. The molecule has 100 valence electrons. The van der Waals surface area contributed by atoms with Gasteiger partial charge >= 0.3 is 0 Å². The van der Waals surface area contributed by atoms with Crippen LogP contribution in [0.3, 0.4) is 0 Å². The summed E-state index contributed by atoms with van der Waals surface area (Å²) in [5.74, 6) is 1.55. The van der Waals surface area contributed by atoms with Gasteiger partial charge in [0.25, 0.3) is 0 Å². The molecule has 2 nitrogen and oxygen atoms in total. The Balaban J connectivity index is 2.12. The monoisotopic (exact) mass is 310 g/mol. The molecule has 3 heteroatoms. The highest BCUT2D eigenvalue weighted by Crippen LogP contribution is 2.29. The fourth-order valence-corrected chi connectivity index (χ4v) is 3.35. The van der Waals surface area contributed by atoms with Crippen LogP contribution in [0.4, 0.5) is 5.69 Å². The normalized spacial score (nSPS) is 29.4. The number of anilines is 1. The Bertz CT molecular complexity index is 419. The van der Waals surface area contributed by atoms with Gasteiger partial charge in [0.2, 0.25) is 0 Å². The Labute approximate surface area is 119 Å². The van der Waals surface area contributed by atoms with E-state index in [2.05, 4.69) is 53.7 Å². The van der Waals surface area contributed by atoms with E-state index in [1.54, 1.807) is 0 Å². The van der Waals surface area contributed by atoms with Crippen molar-refractivity contribution in [3.63, 3.8) is 0 Å². The number of halogens is 1. The molecule has 0 bridgehead atoms. The Hall–Kier alpha value is -0.540. The Morgan fingerprint density at radius 3 is 2.72 bits per heavy atom. The maximum Gasteiger partial charge on any atom is 0.0371 e. The summed E-state index contributed by atoms with van der Waals surface area (Å²) in [6, 6.07) is 6.85. The number of nitrogens with zero attached hydrogens (tertiary/aromatic N) is 1. The number of piperidine rings is 1. The average Bonchev–Trinajstić information content (AvgIpc) is 2.29. The third-order valence-electron chi connectivity index (χ3n) is 4.20. The van der Waals surface area contributed by atoms with Crippen LogP contribution in [-0.4, -0.2) is 17.5 Å². The van der Waals surface area contributed by atoms with Gasteiger partial charge in [-0.25, -0.2) is 0 Å². The molecule has 0 spiro atoms. The molecule has 2 rings (SSSR count). The van der Waals surface area contributed by atoms with Gasteiger partial charge in [0.15, 0.2) is 0 Å². The second kappa shape index (κ2) is 5.62. The molecule has 0 radical (unpaired) electrons. The molecular weight excluding hydrogens is 288 g/mol. The van der Waals surface area contributed by atoms with E-state index in [4.69, 9.17) is 5.73 Å². The Kier molecular flexibility index (Phi) is 4.33. The van der Waals surface area contributed by atoms with E-state index in [0.717, 1.165) is 28.5 Å². The van der Waals surface area contributed by atoms with Crippen molar-refractivity contribution in [3.8, 4) is 0 Å². The molecule has 18 heavy (non-hydrogen) atoms. The first-order valence-electron chi connectivity index (χ1n) is 6.75. The molecular formula is C15H23BrN2. The second-order valence-corrected chi connectivity index (χ2v) is 6.75. The topological polar surface area (TPSA) is 29.3 Å². The Morgan fingerprint density at radius 1 is 1.33 bits per heavy atom. The van der Waals surface area contributed by atoms with Crippen molar-refractivity contribution in [1.29, 1.82) is 0 Å². The van der Waals surface area contributed by atoms with Crippen LogP contribution in [0, 0.1) is 11.8 Å². The molecule has 0 saturated carbocycles. The van der Waals surface area contributed by atoms with E-state index >= 15 is 0 Å². The minimum absolute atomic E-state index is 0.643. The number of rotatable bonds is 2. The zero-order valence-corrected chi connectivity index (χ0v) is 13.1. The van der Waals surface area contributed by atoms with Crippen molar-refractivity contribution >= 4 is 21.6 Å². The molecule has 1 aromatic rings. The Morgan fingerprint density at radius 2 is 2.06 bits per heavy atom. The molecule has 1 heterocycles. The summed E-state index contributed by atoms with van der Waals surface area (Å²) in [6.07, 6.45) is 1.34. The highest BCUT2D eigenvalue weighted by molar-refractivity contribution is 9.10. The SMILES string of the molecule is CC1CC(C)C(C)N(Cc2ccc(Br)cc2N)C1. The lowest BCUT2D eigenvalue weighted by Gasteiger charge is -2.41. The number of hydrogen-bond donors (Lipinski definition) is 1. The van der Waals surface area contributed by atoms with Gasteiger partial charge in [-0.05, 0) is 42.9 Å². The predicted octanol–water partition coefficient (Wildman–Crippen LogP) is 3.90. The van der Waals surface area contributed by atoms with Crippen LogP contribution in [0.5, 0.6) is 0 Å². The lowest BCUT2D eigenvalue weighted by atomic mass is 9.85. The molecule has 1 fully saturated rings. The van der Waals surface area contributed by atoms with E-state index in [9.17, 15) is 0 Å². The molecule has 1 aliphatic heterocycles. The van der Waals surface area contributed by atoms with Crippen LogP contribution in [0.15, 0.2) is 22.7 Å². The number of nitrogens with two attached hydrogens (primary N) is 1. The summed E-state index contributed by atoms with van der Waals surface area (Å²) in [5.41, 5.74) is 8.23.